The van der Waals surface area contributed by atoms with Crippen molar-refractivity contribution in [1.82, 2.24) is 0 Å². The lowest BCUT2D eigenvalue weighted by molar-refractivity contribution is 0.203. The van der Waals surface area contributed by atoms with Crippen LogP contribution in [0.1, 0.15) is 34.5 Å². The first-order valence-corrected chi connectivity index (χ1v) is 7.22. The van der Waals surface area contributed by atoms with Gasteiger partial charge in [0.25, 0.3) is 0 Å². The number of hydrogen-bond donors (Lipinski definition) is 2. The second kappa shape index (κ2) is 4.57. The van der Waals surface area contributed by atoms with E-state index in [9.17, 15) is 10.2 Å². The van der Waals surface area contributed by atoms with Gasteiger partial charge < -0.3 is 10.2 Å². The minimum Gasteiger partial charge on any atom is -0.384 e. The summed E-state index contributed by atoms with van der Waals surface area (Å²) in [5, 5.41) is 23.9. The van der Waals surface area contributed by atoms with E-state index in [4.69, 9.17) is 11.6 Å². The Hall–Kier alpha value is -1.87. The fourth-order valence-corrected chi connectivity index (χ4v) is 3.50. The Morgan fingerprint density at radius 2 is 1.38 bits per heavy atom. The van der Waals surface area contributed by atoms with Gasteiger partial charge >= 0.3 is 0 Å². The number of rotatable bonds is 0. The first kappa shape index (κ1) is 12.8. The zero-order valence-electron chi connectivity index (χ0n) is 11.1. The number of aliphatic hydroxyl groups is 2. The number of fused-ring (bicyclic) bond motifs is 1. The lowest BCUT2D eigenvalue weighted by atomic mass is 9.95. The van der Waals surface area contributed by atoms with E-state index in [0.29, 0.717) is 16.1 Å². The molecule has 3 aromatic carbocycles. The van der Waals surface area contributed by atoms with E-state index in [1.807, 2.05) is 48.5 Å². The smallest absolute Gasteiger partial charge is 0.106 e. The highest BCUT2D eigenvalue weighted by Crippen LogP contribution is 2.44. The summed E-state index contributed by atoms with van der Waals surface area (Å²) in [7, 11) is 0. The molecular formula is C18H13ClO2. The van der Waals surface area contributed by atoms with Gasteiger partial charge in [-0.15, -0.1) is 0 Å². The van der Waals surface area contributed by atoms with Gasteiger partial charge in [0.05, 0.1) is 0 Å². The van der Waals surface area contributed by atoms with Crippen molar-refractivity contribution >= 4 is 22.4 Å². The second-order valence-electron chi connectivity index (χ2n) is 5.34. The van der Waals surface area contributed by atoms with Gasteiger partial charge in [0.2, 0.25) is 0 Å². The van der Waals surface area contributed by atoms with Crippen molar-refractivity contribution in [2.45, 2.75) is 12.2 Å². The molecular weight excluding hydrogens is 284 g/mol. The van der Waals surface area contributed by atoms with Crippen LogP contribution in [-0.4, -0.2) is 10.2 Å². The summed E-state index contributed by atoms with van der Waals surface area (Å²) in [6.45, 7) is 0. The van der Waals surface area contributed by atoms with Gasteiger partial charge in [0.15, 0.2) is 0 Å². The van der Waals surface area contributed by atoms with E-state index in [1.165, 1.54) is 0 Å². The summed E-state index contributed by atoms with van der Waals surface area (Å²) < 4.78 is 0. The SMILES string of the molecule is OC1c2ccccc2C(O)c2c(Cl)ccc3cccc1c23. The normalized spacial score (nSPS) is 20.1. The van der Waals surface area contributed by atoms with Gasteiger partial charge in [0, 0.05) is 10.6 Å². The molecule has 3 aromatic rings. The molecule has 2 nitrogen and oxygen atoms in total. The van der Waals surface area contributed by atoms with E-state index in [1.54, 1.807) is 6.07 Å². The van der Waals surface area contributed by atoms with E-state index in [-0.39, 0.29) is 0 Å². The van der Waals surface area contributed by atoms with Gasteiger partial charge in [-0.2, -0.15) is 0 Å². The summed E-state index contributed by atoms with van der Waals surface area (Å²) >= 11 is 6.35. The zero-order valence-corrected chi connectivity index (χ0v) is 11.9. The molecule has 0 fully saturated rings. The summed E-state index contributed by atoms with van der Waals surface area (Å²) in [6.07, 6.45) is -1.60. The third-order valence-corrected chi connectivity index (χ3v) is 4.55. The molecule has 4 rings (SSSR count). The highest BCUT2D eigenvalue weighted by molar-refractivity contribution is 6.32. The average Bonchev–Trinajstić information content (AvgIpc) is 2.61. The Morgan fingerprint density at radius 3 is 2.14 bits per heavy atom. The minimum absolute atomic E-state index is 0.520. The maximum absolute atomic E-state index is 10.8. The highest BCUT2D eigenvalue weighted by Gasteiger charge is 2.29. The van der Waals surface area contributed by atoms with E-state index in [0.717, 1.165) is 21.9 Å². The van der Waals surface area contributed by atoms with Crippen LogP contribution in [0.4, 0.5) is 0 Å². The molecule has 0 radical (unpaired) electrons. The molecule has 1 aliphatic carbocycles. The monoisotopic (exact) mass is 296 g/mol. The Morgan fingerprint density at radius 1 is 0.714 bits per heavy atom. The molecule has 0 saturated heterocycles. The summed E-state index contributed by atoms with van der Waals surface area (Å²) in [4.78, 5) is 0. The van der Waals surface area contributed by atoms with Crippen LogP contribution in [0.5, 0.6) is 0 Å². The molecule has 2 atom stereocenters. The molecule has 3 heteroatoms. The number of hydrogen-bond acceptors (Lipinski definition) is 2. The number of benzene rings is 3. The van der Waals surface area contributed by atoms with E-state index >= 15 is 0 Å². The summed E-state index contributed by atoms with van der Waals surface area (Å²) in [5.74, 6) is 0. The molecule has 0 aromatic heterocycles. The van der Waals surface area contributed by atoms with Crippen LogP contribution in [0.15, 0.2) is 54.6 Å². The summed E-state index contributed by atoms with van der Waals surface area (Å²) in [5.41, 5.74) is 2.89. The van der Waals surface area contributed by atoms with Crippen molar-refractivity contribution in [1.29, 1.82) is 0 Å². The van der Waals surface area contributed by atoms with Gasteiger partial charge in [0.1, 0.15) is 12.2 Å². The lowest BCUT2D eigenvalue weighted by Crippen LogP contribution is -2.04. The van der Waals surface area contributed by atoms with Gasteiger partial charge in [-0.05, 0) is 33.5 Å². The Labute approximate surface area is 127 Å². The first-order valence-electron chi connectivity index (χ1n) is 6.84. The standard InChI is InChI=1S/C18H13ClO2/c19-14-9-8-10-4-3-7-13-15(10)16(14)18(21)12-6-2-1-5-11(12)17(13)20/h1-9,17-18,20-21H. The molecule has 2 unspecified atom stereocenters. The van der Waals surface area contributed by atoms with Crippen molar-refractivity contribution in [3.8, 4) is 0 Å². The predicted octanol–water partition coefficient (Wildman–Crippen LogP) is 3.97. The number of halogens is 1. The van der Waals surface area contributed by atoms with Crippen molar-refractivity contribution in [2.24, 2.45) is 0 Å². The van der Waals surface area contributed by atoms with Gasteiger partial charge in [-0.1, -0.05) is 60.1 Å². The van der Waals surface area contributed by atoms with Crippen LogP contribution in [0.2, 0.25) is 5.02 Å². The minimum atomic E-state index is -0.837. The van der Waals surface area contributed by atoms with Gasteiger partial charge in [-0.3, -0.25) is 0 Å². The van der Waals surface area contributed by atoms with Crippen molar-refractivity contribution in [2.75, 3.05) is 0 Å². The largest absolute Gasteiger partial charge is 0.384 e. The van der Waals surface area contributed by atoms with Crippen LogP contribution in [-0.2, 0) is 0 Å². The van der Waals surface area contributed by atoms with Crippen molar-refractivity contribution < 1.29 is 10.2 Å². The molecule has 0 spiro atoms. The van der Waals surface area contributed by atoms with Crippen LogP contribution in [0, 0.1) is 0 Å². The Balaban J connectivity index is 2.21. The van der Waals surface area contributed by atoms with Crippen LogP contribution in [0.3, 0.4) is 0 Å². The molecule has 21 heavy (non-hydrogen) atoms. The molecule has 104 valence electrons. The highest BCUT2D eigenvalue weighted by atomic mass is 35.5. The van der Waals surface area contributed by atoms with Crippen LogP contribution < -0.4 is 0 Å². The van der Waals surface area contributed by atoms with Crippen molar-refractivity contribution in [3.05, 3.63) is 81.9 Å². The van der Waals surface area contributed by atoms with Crippen molar-refractivity contribution in [3.63, 3.8) is 0 Å². The van der Waals surface area contributed by atoms with E-state index < -0.39 is 12.2 Å². The van der Waals surface area contributed by atoms with Crippen LogP contribution >= 0.6 is 11.6 Å². The predicted molar refractivity (Wildman–Crippen MR) is 83.5 cm³/mol. The number of aliphatic hydroxyl groups excluding tert-OH is 2. The molecule has 2 N–H and O–H groups in total. The Bertz CT molecular complexity index is 857. The maximum Gasteiger partial charge on any atom is 0.106 e. The second-order valence-corrected chi connectivity index (χ2v) is 5.75. The average molecular weight is 297 g/mol. The molecule has 0 saturated carbocycles. The summed E-state index contributed by atoms with van der Waals surface area (Å²) in [6, 6.07) is 16.9. The molecule has 1 aliphatic rings. The fourth-order valence-electron chi connectivity index (χ4n) is 3.24. The van der Waals surface area contributed by atoms with Gasteiger partial charge in [-0.25, -0.2) is 0 Å². The molecule has 0 aliphatic heterocycles. The topological polar surface area (TPSA) is 40.5 Å². The lowest BCUT2D eigenvalue weighted by Gasteiger charge is -2.16. The zero-order chi connectivity index (χ0) is 14.6. The fraction of sp³-hybridized carbons (Fsp3) is 0.111. The molecule has 0 bridgehead atoms. The molecule has 0 amide bonds. The third-order valence-electron chi connectivity index (χ3n) is 4.22. The maximum atomic E-state index is 10.8. The quantitative estimate of drug-likeness (QED) is 0.659. The third kappa shape index (κ3) is 1.74. The van der Waals surface area contributed by atoms with E-state index in [2.05, 4.69) is 0 Å². The van der Waals surface area contributed by atoms with Crippen LogP contribution in [0.25, 0.3) is 10.8 Å². The molecule has 0 heterocycles. The Kier molecular flexibility index (Phi) is 2.79. The first-order chi connectivity index (χ1) is 10.2.